The molecule has 1 saturated carbocycles. The van der Waals surface area contributed by atoms with Gasteiger partial charge in [-0.15, -0.1) is 0 Å². The van der Waals surface area contributed by atoms with E-state index in [4.69, 9.17) is 4.74 Å². The molecule has 0 heterocycles. The lowest BCUT2D eigenvalue weighted by Gasteiger charge is -2.14. The topological polar surface area (TPSA) is 21.3 Å². The van der Waals surface area contributed by atoms with Gasteiger partial charge in [-0.3, -0.25) is 0 Å². The lowest BCUT2D eigenvalue weighted by molar-refractivity contribution is 0.185. The molecule has 1 aliphatic carbocycles. The van der Waals surface area contributed by atoms with Gasteiger partial charge in [0.15, 0.2) is 0 Å². The van der Waals surface area contributed by atoms with E-state index in [0.717, 1.165) is 12.5 Å². The number of para-hydroxylation sites is 1. The highest BCUT2D eigenvalue weighted by Crippen LogP contribution is 2.41. The van der Waals surface area contributed by atoms with Crippen molar-refractivity contribution in [1.82, 2.24) is 0 Å². The predicted octanol–water partition coefficient (Wildman–Crippen LogP) is 4.32. The van der Waals surface area contributed by atoms with E-state index in [1.807, 2.05) is 0 Å². The summed E-state index contributed by atoms with van der Waals surface area (Å²) in [7, 11) is 1.74. The minimum absolute atomic E-state index is 0.646. The summed E-state index contributed by atoms with van der Waals surface area (Å²) in [4.78, 5) is 0. The van der Waals surface area contributed by atoms with Crippen LogP contribution in [0.4, 0.5) is 5.69 Å². The molecule has 0 spiro atoms. The van der Waals surface area contributed by atoms with E-state index < -0.39 is 0 Å². The summed E-state index contributed by atoms with van der Waals surface area (Å²) in [6.07, 6.45) is 2.69. The molecule has 0 saturated heterocycles. The Kier molecular flexibility index (Phi) is 4.03. The largest absolute Gasteiger partial charge is 0.381 e. The molecule has 1 aliphatic rings. The first-order valence-electron chi connectivity index (χ1n) is 7.27. The Morgan fingerprint density at radius 1 is 1.00 bits per heavy atom. The zero-order valence-corrected chi connectivity index (χ0v) is 11.9. The summed E-state index contributed by atoms with van der Waals surface area (Å²) in [5.74, 6) is 0.794. The SMILES string of the molecule is COCc1ccccc1NCc1ccccc1C1CC1. The number of hydrogen-bond acceptors (Lipinski definition) is 2. The number of benzene rings is 2. The summed E-state index contributed by atoms with van der Waals surface area (Å²) in [5, 5.41) is 3.56. The van der Waals surface area contributed by atoms with Crippen molar-refractivity contribution in [3.63, 3.8) is 0 Å². The second kappa shape index (κ2) is 6.10. The molecule has 0 aromatic heterocycles. The van der Waals surface area contributed by atoms with Crippen molar-refractivity contribution in [3.8, 4) is 0 Å². The minimum atomic E-state index is 0.646. The molecule has 2 heteroatoms. The van der Waals surface area contributed by atoms with Gasteiger partial charge in [0, 0.05) is 24.9 Å². The van der Waals surface area contributed by atoms with Gasteiger partial charge in [0.2, 0.25) is 0 Å². The summed E-state index contributed by atoms with van der Waals surface area (Å²) in [5.41, 5.74) is 5.31. The number of methoxy groups -OCH3 is 1. The monoisotopic (exact) mass is 267 g/mol. The van der Waals surface area contributed by atoms with E-state index in [-0.39, 0.29) is 0 Å². The average molecular weight is 267 g/mol. The quantitative estimate of drug-likeness (QED) is 0.841. The van der Waals surface area contributed by atoms with Crippen molar-refractivity contribution < 1.29 is 4.74 Å². The van der Waals surface area contributed by atoms with E-state index in [1.54, 1.807) is 7.11 Å². The first kappa shape index (κ1) is 13.2. The van der Waals surface area contributed by atoms with Crippen LogP contribution in [0.5, 0.6) is 0 Å². The highest BCUT2D eigenvalue weighted by atomic mass is 16.5. The fourth-order valence-electron chi connectivity index (χ4n) is 2.65. The molecule has 0 radical (unpaired) electrons. The molecule has 20 heavy (non-hydrogen) atoms. The average Bonchev–Trinajstić information content (AvgIpc) is 3.32. The molecular weight excluding hydrogens is 246 g/mol. The molecular formula is C18H21NO. The Morgan fingerprint density at radius 2 is 1.70 bits per heavy atom. The van der Waals surface area contributed by atoms with Gasteiger partial charge < -0.3 is 10.1 Å². The fourth-order valence-corrected chi connectivity index (χ4v) is 2.65. The van der Waals surface area contributed by atoms with E-state index in [9.17, 15) is 0 Å². The second-order valence-electron chi connectivity index (χ2n) is 5.42. The van der Waals surface area contributed by atoms with Crippen LogP contribution in [-0.4, -0.2) is 7.11 Å². The number of rotatable bonds is 6. The lowest BCUT2D eigenvalue weighted by atomic mass is 10.0. The molecule has 0 unspecified atom stereocenters. The Morgan fingerprint density at radius 3 is 2.45 bits per heavy atom. The smallest absolute Gasteiger partial charge is 0.0733 e. The molecule has 0 aliphatic heterocycles. The highest BCUT2D eigenvalue weighted by Gasteiger charge is 2.25. The molecule has 1 fully saturated rings. The number of anilines is 1. The van der Waals surface area contributed by atoms with Crippen LogP contribution in [0.15, 0.2) is 48.5 Å². The molecule has 2 aromatic carbocycles. The normalized spacial score (nSPS) is 14.2. The van der Waals surface area contributed by atoms with Gasteiger partial charge in [0.05, 0.1) is 6.61 Å². The van der Waals surface area contributed by atoms with Crippen molar-refractivity contribution in [1.29, 1.82) is 0 Å². The van der Waals surface area contributed by atoms with Crippen LogP contribution >= 0.6 is 0 Å². The van der Waals surface area contributed by atoms with Gasteiger partial charge >= 0.3 is 0 Å². The lowest BCUT2D eigenvalue weighted by Crippen LogP contribution is -2.05. The maximum atomic E-state index is 5.25. The van der Waals surface area contributed by atoms with E-state index in [1.165, 1.54) is 35.2 Å². The fraction of sp³-hybridized carbons (Fsp3) is 0.333. The first-order chi connectivity index (χ1) is 9.88. The van der Waals surface area contributed by atoms with Crippen LogP contribution in [0.3, 0.4) is 0 Å². The van der Waals surface area contributed by atoms with Crippen LogP contribution in [0, 0.1) is 0 Å². The van der Waals surface area contributed by atoms with Gasteiger partial charge in [-0.1, -0.05) is 42.5 Å². The second-order valence-corrected chi connectivity index (χ2v) is 5.42. The van der Waals surface area contributed by atoms with Crippen molar-refractivity contribution >= 4 is 5.69 Å². The molecule has 0 amide bonds. The number of ether oxygens (including phenoxy) is 1. The van der Waals surface area contributed by atoms with Crippen LogP contribution in [0.1, 0.15) is 35.4 Å². The maximum absolute atomic E-state index is 5.25. The summed E-state index contributed by atoms with van der Waals surface area (Å²) < 4.78 is 5.25. The summed E-state index contributed by atoms with van der Waals surface area (Å²) in [6.45, 7) is 1.53. The minimum Gasteiger partial charge on any atom is -0.381 e. The van der Waals surface area contributed by atoms with Crippen molar-refractivity contribution in [2.75, 3.05) is 12.4 Å². The molecule has 1 N–H and O–H groups in total. The number of nitrogens with one attached hydrogen (secondary N) is 1. The molecule has 2 nitrogen and oxygen atoms in total. The van der Waals surface area contributed by atoms with Gasteiger partial charge in [-0.05, 0) is 36.0 Å². The van der Waals surface area contributed by atoms with Crippen molar-refractivity contribution in [3.05, 3.63) is 65.2 Å². The zero-order chi connectivity index (χ0) is 13.8. The van der Waals surface area contributed by atoms with Gasteiger partial charge in [0.25, 0.3) is 0 Å². The third-order valence-corrected chi connectivity index (χ3v) is 3.86. The maximum Gasteiger partial charge on any atom is 0.0733 e. The summed E-state index contributed by atoms with van der Waals surface area (Å²) in [6, 6.07) is 17.1. The van der Waals surface area contributed by atoms with E-state index in [2.05, 4.69) is 53.8 Å². The number of hydrogen-bond donors (Lipinski definition) is 1. The Labute approximate surface area is 120 Å². The Bertz CT molecular complexity index is 575. The molecule has 2 aromatic rings. The molecule has 3 rings (SSSR count). The van der Waals surface area contributed by atoms with Crippen molar-refractivity contribution in [2.45, 2.75) is 31.9 Å². The molecule has 0 bridgehead atoms. The van der Waals surface area contributed by atoms with Gasteiger partial charge in [-0.25, -0.2) is 0 Å². The van der Waals surface area contributed by atoms with Crippen LogP contribution in [-0.2, 0) is 17.9 Å². The summed E-state index contributed by atoms with van der Waals surface area (Å²) >= 11 is 0. The van der Waals surface area contributed by atoms with E-state index >= 15 is 0 Å². The van der Waals surface area contributed by atoms with Gasteiger partial charge in [-0.2, -0.15) is 0 Å². The third kappa shape index (κ3) is 3.02. The van der Waals surface area contributed by atoms with E-state index in [0.29, 0.717) is 6.61 Å². The Balaban J connectivity index is 1.73. The standard InChI is InChI=1S/C18H21NO/c1-20-13-16-7-3-5-9-18(16)19-12-15-6-2-4-8-17(15)14-10-11-14/h2-9,14,19H,10-13H2,1H3. The highest BCUT2D eigenvalue weighted by molar-refractivity contribution is 5.51. The van der Waals surface area contributed by atoms with Gasteiger partial charge in [0.1, 0.15) is 0 Å². The van der Waals surface area contributed by atoms with Crippen molar-refractivity contribution in [2.24, 2.45) is 0 Å². The molecule has 0 atom stereocenters. The third-order valence-electron chi connectivity index (χ3n) is 3.86. The predicted molar refractivity (Wildman–Crippen MR) is 82.9 cm³/mol. The first-order valence-corrected chi connectivity index (χ1v) is 7.27. The van der Waals surface area contributed by atoms with Crippen LogP contribution < -0.4 is 5.32 Å². The zero-order valence-electron chi connectivity index (χ0n) is 11.9. The van der Waals surface area contributed by atoms with Crippen LogP contribution in [0.25, 0.3) is 0 Å². The molecule has 104 valence electrons. The Hall–Kier alpha value is -1.80. The van der Waals surface area contributed by atoms with Crippen LogP contribution in [0.2, 0.25) is 0 Å².